The van der Waals surface area contributed by atoms with E-state index in [9.17, 15) is 9.90 Å². The summed E-state index contributed by atoms with van der Waals surface area (Å²) in [5.41, 5.74) is 6.38. The van der Waals surface area contributed by atoms with Crippen molar-refractivity contribution in [1.29, 1.82) is 0 Å². The van der Waals surface area contributed by atoms with Crippen molar-refractivity contribution in [3.63, 3.8) is 0 Å². The minimum absolute atomic E-state index is 0.356. The molecule has 2 aliphatic rings. The number of carboxylic acids is 1. The van der Waals surface area contributed by atoms with E-state index in [0.29, 0.717) is 11.5 Å². The fourth-order valence-corrected chi connectivity index (χ4v) is 5.09. The lowest BCUT2D eigenvalue weighted by molar-refractivity contribution is 0.0697. The summed E-state index contributed by atoms with van der Waals surface area (Å²) in [6.45, 7) is 0.841. The molecule has 1 aliphatic heterocycles. The van der Waals surface area contributed by atoms with Gasteiger partial charge in [0.2, 0.25) is 0 Å². The number of nitrogens with zero attached hydrogens (tertiary/aromatic N) is 1. The fourth-order valence-electron chi connectivity index (χ4n) is 5.09. The van der Waals surface area contributed by atoms with Gasteiger partial charge < -0.3 is 15.0 Å². The molecule has 0 radical (unpaired) electrons. The quantitative estimate of drug-likeness (QED) is 0.537. The highest BCUT2D eigenvalue weighted by Crippen LogP contribution is 2.46. The Bertz CT molecular complexity index is 1100. The molecule has 5 rings (SSSR count). The van der Waals surface area contributed by atoms with Gasteiger partial charge in [0.25, 0.3) is 0 Å². The van der Waals surface area contributed by atoms with Crippen LogP contribution in [-0.2, 0) is 6.54 Å². The van der Waals surface area contributed by atoms with Crippen LogP contribution >= 0.6 is 0 Å². The van der Waals surface area contributed by atoms with Gasteiger partial charge in [0.05, 0.1) is 11.3 Å². The Hall–Kier alpha value is -3.01. The SMILES string of the molecule is O=C(O)c1ccc2c(C3CCCCC3)c3n(c2c1)CC/C=C\Nc1ccccc1-3. The normalized spacial score (nSPS) is 18.1. The number of hydrogen-bond donors (Lipinski definition) is 2. The molecule has 29 heavy (non-hydrogen) atoms. The molecule has 0 atom stereocenters. The van der Waals surface area contributed by atoms with Crippen molar-refractivity contribution >= 4 is 22.6 Å². The maximum absolute atomic E-state index is 11.7. The third kappa shape index (κ3) is 3.13. The van der Waals surface area contributed by atoms with E-state index >= 15 is 0 Å². The first-order valence-electron chi connectivity index (χ1n) is 10.6. The van der Waals surface area contributed by atoms with Crippen LogP contribution in [0.4, 0.5) is 5.69 Å². The summed E-state index contributed by atoms with van der Waals surface area (Å²) in [7, 11) is 0. The standard InChI is InChI=1S/C25H26N2O2/c28-25(29)18-12-13-20-22(16-18)27-15-7-6-14-26-21-11-5-4-10-19(21)24(27)23(20)17-8-2-1-3-9-17/h4-6,10-14,16-17,26H,1-3,7-9,15H2,(H,28,29)/b14-6-. The zero-order valence-corrected chi connectivity index (χ0v) is 16.5. The van der Waals surface area contributed by atoms with E-state index in [1.807, 2.05) is 18.3 Å². The molecule has 148 valence electrons. The Balaban J connectivity index is 1.85. The number of carbonyl (C=O) groups is 1. The number of fused-ring (bicyclic) bond motifs is 5. The zero-order valence-electron chi connectivity index (χ0n) is 16.5. The van der Waals surface area contributed by atoms with Crippen LogP contribution in [0, 0.1) is 0 Å². The van der Waals surface area contributed by atoms with Crippen molar-refractivity contribution in [2.45, 2.75) is 51.0 Å². The van der Waals surface area contributed by atoms with Crippen molar-refractivity contribution in [1.82, 2.24) is 4.57 Å². The van der Waals surface area contributed by atoms with Crippen LogP contribution in [0.2, 0.25) is 0 Å². The van der Waals surface area contributed by atoms with Crippen molar-refractivity contribution < 1.29 is 9.90 Å². The number of aromatic carboxylic acids is 1. The predicted octanol–water partition coefficient (Wildman–Crippen LogP) is 6.38. The van der Waals surface area contributed by atoms with Crippen molar-refractivity contribution in [2.24, 2.45) is 0 Å². The zero-order chi connectivity index (χ0) is 19.8. The Morgan fingerprint density at radius 3 is 2.72 bits per heavy atom. The van der Waals surface area contributed by atoms with Crippen LogP contribution in [-0.4, -0.2) is 15.6 Å². The number of hydrogen-bond acceptors (Lipinski definition) is 2. The highest BCUT2D eigenvalue weighted by molar-refractivity contribution is 5.99. The minimum Gasteiger partial charge on any atom is -0.478 e. The largest absolute Gasteiger partial charge is 0.478 e. The fraction of sp³-hybridized carbons (Fsp3) is 0.320. The van der Waals surface area contributed by atoms with Gasteiger partial charge in [-0.05, 0) is 55.1 Å². The van der Waals surface area contributed by atoms with E-state index in [4.69, 9.17) is 0 Å². The van der Waals surface area contributed by atoms with Gasteiger partial charge >= 0.3 is 5.97 Å². The van der Waals surface area contributed by atoms with Gasteiger partial charge in [0.1, 0.15) is 0 Å². The third-order valence-corrected chi connectivity index (χ3v) is 6.42. The molecule has 1 fully saturated rings. The summed E-state index contributed by atoms with van der Waals surface area (Å²) < 4.78 is 2.36. The number of aromatic nitrogens is 1. The van der Waals surface area contributed by atoms with Crippen molar-refractivity contribution in [3.05, 3.63) is 65.9 Å². The maximum atomic E-state index is 11.7. The lowest BCUT2D eigenvalue weighted by Crippen LogP contribution is -2.07. The monoisotopic (exact) mass is 386 g/mol. The van der Waals surface area contributed by atoms with E-state index < -0.39 is 5.97 Å². The average Bonchev–Trinajstić information content (AvgIpc) is 3.11. The Kier molecular flexibility index (Phi) is 4.62. The van der Waals surface area contributed by atoms with E-state index in [-0.39, 0.29) is 0 Å². The number of allylic oxidation sites excluding steroid dienone is 1. The topological polar surface area (TPSA) is 54.3 Å². The molecule has 4 heteroatoms. The second kappa shape index (κ2) is 7.43. The lowest BCUT2D eigenvalue weighted by atomic mass is 9.81. The van der Waals surface area contributed by atoms with Gasteiger partial charge in [-0.2, -0.15) is 0 Å². The molecule has 2 aromatic carbocycles. The number of para-hydroxylation sites is 1. The third-order valence-electron chi connectivity index (χ3n) is 6.42. The Labute approximate surface area is 170 Å². The summed E-state index contributed by atoms with van der Waals surface area (Å²) in [6.07, 6.45) is 11.3. The van der Waals surface area contributed by atoms with Crippen molar-refractivity contribution in [2.75, 3.05) is 5.32 Å². The number of anilines is 1. The number of nitrogens with one attached hydrogen (secondary N) is 1. The molecule has 0 amide bonds. The van der Waals surface area contributed by atoms with E-state index in [0.717, 1.165) is 24.2 Å². The van der Waals surface area contributed by atoms with Gasteiger partial charge in [0, 0.05) is 28.7 Å². The minimum atomic E-state index is -0.869. The smallest absolute Gasteiger partial charge is 0.335 e. The molecule has 2 N–H and O–H groups in total. The second-order valence-electron chi connectivity index (χ2n) is 8.17. The molecule has 4 nitrogen and oxygen atoms in total. The molecular weight excluding hydrogens is 360 g/mol. The van der Waals surface area contributed by atoms with Crippen LogP contribution in [0.3, 0.4) is 0 Å². The first-order valence-corrected chi connectivity index (χ1v) is 10.6. The van der Waals surface area contributed by atoms with Crippen LogP contribution in [0.1, 0.15) is 60.4 Å². The average molecular weight is 386 g/mol. The van der Waals surface area contributed by atoms with E-state index in [1.165, 1.54) is 54.3 Å². The van der Waals surface area contributed by atoms with Gasteiger partial charge in [-0.25, -0.2) is 4.79 Å². The van der Waals surface area contributed by atoms with Gasteiger partial charge in [-0.15, -0.1) is 0 Å². The summed E-state index contributed by atoms with van der Waals surface area (Å²) in [5, 5.41) is 14.3. The maximum Gasteiger partial charge on any atom is 0.335 e. The molecule has 0 bridgehead atoms. The first kappa shape index (κ1) is 18.0. The molecule has 1 saturated carbocycles. The van der Waals surface area contributed by atoms with E-state index in [1.54, 1.807) is 6.07 Å². The first-order chi connectivity index (χ1) is 14.2. The Morgan fingerprint density at radius 2 is 1.90 bits per heavy atom. The lowest BCUT2D eigenvalue weighted by Gasteiger charge is -2.24. The van der Waals surface area contributed by atoms with Crippen LogP contribution in [0.5, 0.6) is 0 Å². The van der Waals surface area contributed by atoms with Gasteiger partial charge in [-0.1, -0.05) is 49.6 Å². The van der Waals surface area contributed by atoms with Crippen LogP contribution < -0.4 is 5.32 Å². The highest BCUT2D eigenvalue weighted by Gasteiger charge is 2.28. The summed E-state index contributed by atoms with van der Waals surface area (Å²) in [4.78, 5) is 11.7. The molecule has 2 heterocycles. The summed E-state index contributed by atoms with van der Waals surface area (Å²) in [6, 6.07) is 14.1. The Morgan fingerprint density at radius 1 is 1.07 bits per heavy atom. The number of carboxylic acid groups (broad SMARTS) is 1. The van der Waals surface area contributed by atoms with Gasteiger partial charge in [0.15, 0.2) is 0 Å². The molecule has 1 aliphatic carbocycles. The molecule has 1 aromatic heterocycles. The second-order valence-corrected chi connectivity index (χ2v) is 8.17. The summed E-state index contributed by atoms with van der Waals surface area (Å²) in [5.74, 6) is -0.341. The van der Waals surface area contributed by atoms with Crippen LogP contribution in [0.25, 0.3) is 22.2 Å². The van der Waals surface area contributed by atoms with Crippen LogP contribution in [0.15, 0.2) is 54.7 Å². The molecular formula is C25H26N2O2. The number of rotatable bonds is 2. The van der Waals surface area contributed by atoms with Gasteiger partial charge in [-0.3, -0.25) is 0 Å². The molecule has 0 unspecified atom stereocenters. The van der Waals surface area contributed by atoms with Crippen molar-refractivity contribution in [3.8, 4) is 11.3 Å². The predicted molar refractivity (Wildman–Crippen MR) is 118 cm³/mol. The molecule has 0 spiro atoms. The number of aryl methyl sites for hydroxylation is 1. The molecule has 0 saturated heterocycles. The molecule has 3 aromatic rings. The number of benzene rings is 2. The summed E-state index contributed by atoms with van der Waals surface area (Å²) >= 11 is 0. The van der Waals surface area contributed by atoms with E-state index in [2.05, 4.69) is 40.2 Å². The highest BCUT2D eigenvalue weighted by atomic mass is 16.4.